The zero-order chi connectivity index (χ0) is 15.8. The van der Waals surface area contributed by atoms with Crippen molar-refractivity contribution < 1.29 is 4.42 Å². The molecule has 114 valence electrons. The van der Waals surface area contributed by atoms with Crippen LogP contribution in [0.5, 0.6) is 0 Å². The summed E-state index contributed by atoms with van der Waals surface area (Å²) >= 11 is 0. The molecule has 1 aromatic carbocycles. The van der Waals surface area contributed by atoms with E-state index in [4.69, 9.17) is 4.42 Å². The van der Waals surface area contributed by atoms with E-state index in [2.05, 4.69) is 9.97 Å². The molecule has 0 spiro atoms. The van der Waals surface area contributed by atoms with Gasteiger partial charge in [-0.05, 0) is 29.3 Å². The molecule has 0 radical (unpaired) electrons. The van der Waals surface area contributed by atoms with Crippen molar-refractivity contribution in [2.45, 2.75) is 6.04 Å². The van der Waals surface area contributed by atoms with Crippen LogP contribution in [0, 0.1) is 0 Å². The molecule has 0 saturated heterocycles. The molecule has 6 nitrogen and oxygen atoms in total. The molecule has 1 unspecified atom stereocenters. The molecule has 0 aliphatic heterocycles. The van der Waals surface area contributed by atoms with Crippen LogP contribution in [0.4, 0.5) is 0 Å². The summed E-state index contributed by atoms with van der Waals surface area (Å²) in [5.74, 6) is -0.363. The topological polar surface area (TPSA) is 65.8 Å². The smallest absolute Gasteiger partial charge is 0.408 e. The molecule has 1 atom stereocenters. The Hall–Kier alpha value is -3.15. The van der Waals surface area contributed by atoms with Crippen LogP contribution in [0.15, 0.2) is 70.7 Å². The van der Waals surface area contributed by atoms with Crippen LogP contribution in [-0.2, 0) is 7.05 Å². The van der Waals surface area contributed by atoms with E-state index in [0.717, 1.165) is 16.6 Å². The van der Waals surface area contributed by atoms with Gasteiger partial charge in [0.2, 0.25) is 0 Å². The third-order valence-electron chi connectivity index (χ3n) is 3.96. The zero-order valence-corrected chi connectivity index (χ0v) is 12.5. The second-order valence-corrected chi connectivity index (χ2v) is 5.35. The molecule has 6 heteroatoms. The Morgan fingerprint density at radius 2 is 2.04 bits per heavy atom. The highest BCUT2D eigenvalue weighted by molar-refractivity contribution is 5.74. The fraction of sp³-hybridized carbons (Fsp3) is 0.118. The van der Waals surface area contributed by atoms with Gasteiger partial charge in [0.25, 0.3) is 0 Å². The number of imidazole rings is 1. The first-order valence-corrected chi connectivity index (χ1v) is 7.21. The average molecular weight is 306 g/mol. The van der Waals surface area contributed by atoms with Gasteiger partial charge in [-0.1, -0.05) is 12.1 Å². The molecule has 3 aromatic heterocycles. The van der Waals surface area contributed by atoms with Gasteiger partial charge in [0.15, 0.2) is 5.58 Å². The summed E-state index contributed by atoms with van der Waals surface area (Å²) in [7, 11) is 1.70. The fourth-order valence-corrected chi connectivity index (χ4v) is 2.82. The molecule has 3 heterocycles. The van der Waals surface area contributed by atoms with Crippen molar-refractivity contribution in [2.75, 3.05) is 0 Å². The minimum Gasteiger partial charge on any atom is -0.408 e. The van der Waals surface area contributed by atoms with Crippen molar-refractivity contribution >= 4 is 11.1 Å². The van der Waals surface area contributed by atoms with Gasteiger partial charge >= 0.3 is 5.76 Å². The van der Waals surface area contributed by atoms with Gasteiger partial charge in [0.05, 0.1) is 17.9 Å². The van der Waals surface area contributed by atoms with Crippen molar-refractivity contribution in [3.05, 3.63) is 83.1 Å². The minimum atomic E-state index is -0.363. The quantitative estimate of drug-likeness (QED) is 0.583. The first kappa shape index (κ1) is 13.5. The van der Waals surface area contributed by atoms with Gasteiger partial charge in [-0.25, -0.2) is 9.78 Å². The Bertz CT molecular complexity index is 1000. The largest absolute Gasteiger partial charge is 0.419 e. The molecule has 0 fully saturated rings. The Kier molecular flexibility index (Phi) is 3.08. The average Bonchev–Trinajstić information content (AvgIpc) is 3.18. The zero-order valence-electron chi connectivity index (χ0n) is 12.5. The predicted molar refractivity (Wildman–Crippen MR) is 85.2 cm³/mol. The van der Waals surface area contributed by atoms with E-state index in [-0.39, 0.29) is 11.8 Å². The lowest BCUT2D eigenvalue weighted by Crippen LogP contribution is -2.11. The van der Waals surface area contributed by atoms with Crippen LogP contribution >= 0.6 is 0 Å². The van der Waals surface area contributed by atoms with Crippen molar-refractivity contribution in [2.24, 2.45) is 7.05 Å². The molecule has 0 amide bonds. The number of aryl methyl sites for hydroxylation is 1. The Balaban J connectivity index is 1.91. The maximum absolute atomic E-state index is 11.7. The van der Waals surface area contributed by atoms with Crippen molar-refractivity contribution in [3.63, 3.8) is 0 Å². The van der Waals surface area contributed by atoms with Crippen molar-refractivity contribution in [3.8, 4) is 0 Å². The highest BCUT2D eigenvalue weighted by Crippen LogP contribution is 2.28. The second-order valence-electron chi connectivity index (χ2n) is 5.35. The summed E-state index contributed by atoms with van der Waals surface area (Å²) in [6, 6.07) is 9.63. The lowest BCUT2D eigenvalue weighted by Gasteiger charge is -2.19. The van der Waals surface area contributed by atoms with Crippen molar-refractivity contribution in [1.82, 2.24) is 19.1 Å². The van der Waals surface area contributed by atoms with E-state index in [1.807, 2.05) is 47.3 Å². The van der Waals surface area contributed by atoms with Gasteiger partial charge in [-0.2, -0.15) is 0 Å². The SMILES string of the molecule is Cn1c(=O)oc2cc(C(c3cccnc3)n3ccnc3)ccc21. The molecule has 0 aliphatic rings. The number of rotatable bonds is 3. The molecule has 0 aliphatic carbocycles. The number of oxazole rings is 1. The maximum Gasteiger partial charge on any atom is 0.419 e. The molecule has 23 heavy (non-hydrogen) atoms. The van der Waals surface area contributed by atoms with E-state index < -0.39 is 0 Å². The first-order valence-electron chi connectivity index (χ1n) is 7.21. The molecule has 0 bridgehead atoms. The van der Waals surface area contributed by atoms with Crippen LogP contribution in [0.25, 0.3) is 11.1 Å². The second kappa shape index (κ2) is 5.24. The number of aromatic nitrogens is 4. The summed E-state index contributed by atoms with van der Waals surface area (Å²) in [6.45, 7) is 0. The summed E-state index contributed by atoms with van der Waals surface area (Å²) in [5, 5.41) is 0. The third kappa shape index (κ3) is 2.24. The number of nitrogens with zero attached hydrogens (tertiary/aromatic N) is 4. The highest BCUT2D eigenvalue weighted by atomic mass is 16.4. The van der Waals surface area contributed by atoms with Crippen molar-refractivity contribution in [1.29, 1.82) is 0 Å². The number of hydrogen-bond acceptors (Lipinski definition) is 4. The predicted octanol–water partition coefficient (Wildman–Crippen LogP) is 2.36. The summed E-state index contributed by atoms with van der Waals surface area (Å²) in [4.78, 5) is 20.0. The standard InChI is InChI=1S/C17H14N4O2/c1-20-14-5-4-12(9-15(14)23-17(20)22)16(21-8-7-19-11-21)13-3-2-6-18-10-13/h2-11,16H,1H3. The van der Waals surface area contributed by atoms with Crippen LogP contribution in [0.3, 0.4) is 0 Å². The molecular formula is C17H14N4O2. The lowest BCUT2D eigenvalue weighted by atomic mass is 9.99. The number of hydrogen-bond donors (Lipinski definition) is 0. The van der Waals surface area contributed by atoms with E-state index in [0.29, 0.717) is 5.58 Å². The molecular weight excluding hydrogens is 292 g/mol. The van der Waals surface area contributed by atoms with Gasteiger partial charge < -0.3 is 8.98 Å². The molecule has 0 saturated carbocycles. The summed E-state index contributed by atoms with van der Waals surface area (Å²) in [5.41, 5.74) is 3.37. The summed E-state index contributed by atoms with van der Waals surface area (Å²) in [6.07, 6.45) is 8.99. The van der Waals surface area contributed by atoms with E-state index in [9.17, 15) is 4.79 Å². The number of pyridine rings is 1. The molecule has 0 N–H and O–H groups in total. The fourth-order valence-electron chi connectivity index (χ4n) is 2.82. The van der Waals surface area contributed by atoms with Crippen LogP contribution in [0.1, 0.15) is 17.2 Å². The Morgan fingerprint density at radius 1 is 1.13 bits per heavy atom. The van der Waals surface area contributed by atoms with Crippen LogP contribution < -0.4 is 5.76 Å². The van der Waals surface area contributed by atoms with Gasteiger partial charge in [0.1, 0.15) is 0 Å². The Labute approximate surface area is 131 Å². The van der Waals surface area contributed by atoms with Gasteiger partial charge in [0, 0.05) is 31.8 Å². The lowest BCUT2D eigenvalue weighted by molar-refractivity contribution is 0.527. The maximum atomic E-state index is 11.7. The van der Waals surface area contributed by atoms with Crippen LogP contribution in [-0.4, -0.2) is 19.1 Å². The molecule has 4 rings (SSSR count). The third-order valence-corrected chi connectivity index (χ3v) is 3.96. The van der Waals surface area contributed by atoms with Gasteiger partial charge in [-0.3, -0.25) is 9.55 Å². The summed E-state index contributed by atoms with van der Waals surface area (Å²) < 4.78 is 8.80. The monoisotopic (exact) mass is 306 g/mol. The van der Waals surface area contributed by atoms with E-state index >= 15 is 0 Å². The van der Waals surface area contributed by atoms with Crippen LogP contribution in [0.2, 0.25) is 0 Å². The van der Waals surface area contributed by atoms with E-state index in [1.165, 1.54) is 4.57 Å². The normalized spacial score (nSPS) is 12.6. The molecule has 4 aromatic rings. The number of fused-ring (bicyclic) bond motifs is 1. The van der Waals surface area contributed by atoms with E-state index in [1.54, 1.807) is 25.8 Å². The highest BCUT2D eigenvalue weighted by Gasteiger charge is 2.18. The minimum absolute atomic E-state index is 0.0823. The first-order chi connectivity index (χ1) is 11.2. The van der Waals surface area contributed by atoms with Gasteiger partial charge in [-0.15, -0.1) is 0 Å². The number of benzene rings is 1. The Morgan fingerprint density at radius 3 is 2.78 bits per heavy atom.